The van der Waals surface area contributed by atoms with Crippen LogP contribution in [-0.4, -0.2) is 75.1 Å². The molecule has 0 amide bonds. The van der Waals surface area contributed by atoms with Crippen molar-refractivity contribution in [3.63, 3.8) is 0 Å². The number of azo groups is 3. The number of nitrogens with zero attached hydrogens (tertiary/aromatic N) is 6. The molecule has 0 unspecified atom stereocenters. The minimum absolute atomic E-state index is 0. The fraction of sp³-hybridized carbons (Fsp3) is 0.0233. The fourth-order valence-corrected chi connectivity index (χ4v) is 10.3. The zero-order chi connectivity index (χ0) is 52.3. The largest absolute Gasteiger partial charge is 1.00 e. The summed E-state index contributed by atoms with van der Waals surface area (Å²) in [6.07, 6.45) is 0. The molecular weight excluding hydrogens is 1230 g/mol. The van der Waals surface area contributed by atoms with Gasteiger partial charge in [0.25, 0.3) is 50.6 Å². The Labute approximate surface area is 565 Å². The Morgan fingerprint density at radius 1 is 0.397 bits per heavy atom. The van der Waals surface area contributed by atoms with Gasteiger partial charge < -0.3 is 15.5 Å². The van der Waals surface area contributed by atoms with Gasteiger partial charge in [-0.3, -0.25) is 22.8 Å². The van der Waals surface area contributed by atoms with Gasteiger partial charge in [0.15, 0.2) is 5.75 Å². The summed E-state index contributed by atoms with van der Waals surface area (Å²) in [6, 6.07) is 23.9. The van der Waals surface area contributed by atoms with Gasteiger partial charge in [0.05, 0.1) is 32.5 Å². The van der Waals surface area contributed by atoms with Crippen LogP contribution >= 0.6 is 0 Å². The summed E-state index contributed by atoms with van der Waals surface area (Å²) < 4.78 is 171. The van der Waals surface area contributed by atoms with E-state index in [0.29, 0.717) is 0 Å². The molecule has 0 bridgehead atoms. The standard InChI is InChI=1S/C43H31N7O17S5.Cu.5Na/c1-22-14-37(49-50-42-41(72(65,66)67)15-23-8-9-25(17-31(23)43(42)52)44-24-4-2-5-27(16-24)68(53,54)55)38(51)21-36(22)48-47-34-12-13-35(32-20-28(69(56,57)58)10-11-29(32)34)46-45-26-18-33-30(40(19-26)71(62,63)64)6-3-7-39(33)70(59,60)61;;;;;;/h2-21,44,51-52H,1H3,(H,53,54,55)(H,56,57,58)(H,59,60,61)(H,62,63,64)(H,65,66,67);;;;;;/q;;5*+1. The van der Waals surface area contributed by atoms with Crippen molar-refractivity contribution in [1.82, 2.24) is 0 Å². The Hall–Kier alpha value is -2.19. The van der Waals surface area contributed by atoms with Crippen molar-refractivity contribution in [3.8, 4) is 11.5 Å². The number of anilines is 2. The number of aryl methyl sites for hydroxylation is 1. The molecule has 8 rings (SSSR count). The summed E-state index contributed by atoms with van der Waals surface area (Å²) in [7, 11) is -24.4. The van der Waals surface area contributed by atoms with Crippen LogP contribution in [0.3, 0.4) is 0 Å². The van der Waals surface area contributed by atoms with Crippen LogP contribution in [0.15, 0.2) is 176 Å². The van der Waals surface area contributed by atoms with Crippen LogP contribution < -0.4 is 153 Å². The molecule has 0 saturated carbocycles. The summed E-state index contributed by atoms with van der Waals surface area (Å²) in [5.41, 5.74) is -0.589. The molecule has 0 heterocycles. The Kier molecular flexibility index (Phi) is 25.7. The van der Waals surface area contributed by atoms with E-state index in [4.69, 9.17) is 0 Å². The number of phenolic OH excluding ortho intramolecular Hbond substituents is 2. The third kappa shape index (κ3) is 16.5. The van der Waals surface area contributed by atoms with E-state index in [-0.39, 0.29) is 243 Å². The summed E-state index contributed by atoms with van der Waals surface area (Å²) in [4.78, 5) is -3.33. The van der Waals surface area contributed by atoms with Gasteiger partial charge in [0.2, 0.25) is 0 Å². The molecule has 0 fully saturated rings. The van der Waals surface area contributed by atoms with Crippen LogP contribution in [0.25, 0.3) is 32.3 Å². The third-order valence-electron chi connectivity index (χ3n) is 10.5. The summed E-state index contributed by atoms with van der Waals surface area (Å²) in [5, 5.41) is 49.2. The van der Waals surface area contributed by atoms with Crippen LogP contribution in [0.1, 0.15) is 5.56 Å². The zero-order valence-corrected chi connectivity index (χ0v) is 56.3. The number of aromatic hydroxyl groups is 2. The molecule has 0 atom stereocenters. The first kappa shape index (κ1) is 71.9. The van der Waals surface area contributed by atoms with Gasteiger partial charge in [-0.15, -0.1) is 20.5 Å². The number of hydrogen-bond donors (Lipinski definition) is 8. The Morgan fingerprint density at radius 3 is 1.56 bits per heavy atom. The average molecular weight is 1260 g/mol. The number of phenols is 2. The first-order valence-corrected chi connectivity index (χ1v) is 27.0. The van der Waals surface area contributed by atoms with Crippen molar-refractivity contribution in [1.29, 1.82) is 0 Å². The van der Waals surface area contributed by atoms with Crippen LogP contribution in [0.5, 0.6) is 11.5 Å². The molecule has 381 valence electrons. The molecule has 0 aliphatic rings. The molecular formula is C43H31CuN7Na5O17S5+5. The molecule has 8 N–H and O–H groups in total. The molecule has 78 heavy (non-hydrogen) atoms. The van der Waals surface area contributed by atoms with Gasteiger partial charge in [-0.05, 0) is 103 Å². The predicted octanol–water partition coefficient (Wildman–Crippen LogP) is -4.89. The number of nitrogens with one attached hydrogen (secondary N) is 1. The summed E-state index contributed by atoms with van der Waals surface area (Å²) in [6.45, 7) is 1.52. The molecule has 1 radical (unpaired) electrons. The second-order valence-corrected chi connectivity index (χ2v) is 22.4. The van der Waals surface area contributed by atoms with E-state index in [9.17, 15) is 75.1 Å². The van der Waals surface area contributed by atoms with Crippen molar-refractivity contribution in [2.45, 2.75) is 31.4 Å². The van der Waals surface area contributed by atoms with Gasteiger partial charge in [-0.25, -0.2) is 0 Å². The van der Waals surface area contributed by atoms with E-state index in [1.165, 1.54) is 67.6 Å². The predicted molar refractivity (Wildman–Crippen MR) is 258 cm³/mol. The smallest absolute Gasteiger partial charge is 0.506 e. The second kappa shape index (κ2) is 27.9. The second-order valence-electron chi connectivity index (χ2n) is 15.4. The Morgan fingerprint density at radius 2 is 0.949 bits per heavy atom. The molecule has 8 aromatic rings. The van der Waals surface area contributed by atoms with E-state index in [1.807, 2.05) is 0 Å². The number of fused-ring (bicyclic) bond motifs is 3. The third-order valence-corrected chi connectivity index (χ3v) is 14.9. The monoisotopic (exact) mass is 1250 g/mol. The zero-order valence-electron chi connectivity index (χ0n) is 41.3. The summed E-state index contributed by atoms with van der Waals surface area (Å²) in [5.74, 6) is -1.35. The van der Waals surface area contributed by atoms with Crippen molar-refractivity contribution in [3.05, 3.63) is 127 Å². The van der Waals surface area contributed by atoms with Crippen LogP contribution in [-0.2, 0) is 67.7 Å². The Bertz CT molecular complexity index is 4360. The molecule has 0 spiro atoms. The molecule has 0 aromatic heterocycles. The van der Waals surface area contributed by atoms with E-state index in [2.05, 4.69) is 36.0 Å². The van der Waals surface area contributed by atoms with Gasteiger partial charge in [-0.1, -0.05) is 30.3 Å². The van der Waals surface area contributed by atoms with Gasteiger partial charge >= 0.3 is 148 Å². The van der Waals surface area contributed by atoms with Gasteiger partial charge in [0.1, 0.15) is 31.8 Å². The first-order valence-electron chi connectivity index (χ1n) is 19.8. The van der Waals surface area contributed by atoms with Crippen LogP contribution in [0.4, 0.5) is 45.5 Å². The minimum Gasteiger partial charge on any atom is -0.506 e. The number of benzene rings is 8. The van der Waals surface area contributed by atoms with E-state index < -0.39 is 92.3 Å². The molecule has 35 heteroatoms. The maximum absolute atomic E-state index is 12.5. The molecule has 8 aromatic carbocycles. The van der Waals surface area contributed by atoms with Crippen molar-refractivity contribution in [2.75, 3.05) is 5.32 Å². The average Bonchev–Trinajstić information content (AvgIpc) is 3.29. The van der Waals surface area contributed by atoms with E-state index >= 15 is 0 Å². The van der Waals surface area contributed by atoms with Crippen molar-refractivity contribution < 1.29 is 240 Å². The van der Waals surface area contributed by atoms with Crippen molar-refractivity contribution >= 4 is 128 Å². The van der Waals surface area contributed by atoms with Crippen LogP contribution in [0, 0.1) is 6.92 Å². The van der Waals surface area contributed by atoms with Gasteiger partial charge in [0, 0.05) is 61.4 Å². The maximum Gasteiger partial charge on any atom is 1.00 e. The normalized spacial score (nSPS) is 12.1. The maximum atomic E-state index is 12.5. The Balaban J connectivity index is 0.00000347. The fourth-order valence-electron chi connectivity index (χ4n) is 7.23. The summed E-state index contributed by atoms with van der Waals surface area (Å²) >= 11 is 0. The number of rotatable bonds is 13. The SMILES string of the molecule is Cc1cc(N=Nc2c(S(=O)(=O)O)cc3ccc(Nc4cccc(S(=O)(=O)O)c4)cc3c2O)c(O)cc1N=Nc1ccc(N=Nc2cc(S(=O)(=O)O)c3cccc(S(=O)(=O)O)c3c2)c2cc(S(=O)(=O)O)ccc12.[Cu].[Na+].[Na+].[Na+].[Na+].[Na+]. The molecule has 24 nitrogen and oxygen atoms in total. The van der Waals surface area contributed by atoms with E-state index in [0.717, 1.165) is 60.7 Å². The molecule has 0 aliphatic carbocycles. The molecule has 0 saturated heterocycles. The quantitative estimate of drug-likeness (QED) is 0.0305. The molecule has 0 aliphatic heterocycles. The van der Waals surface area contributed by atoms with Gasteiger partial charge in [-0.2, -0.15) is 52.3 Å². The number of hydrogen-bond acceptors (Lipinski definition) is 19. The minimum atomic E-state index is -5.06. The topological polar surface area (TPSA) is 398 Å². The van der Waals surface area contributed by atoms with Crippen LogP contribution in [0.2, 0.25) is 0 Å². The van der Waals surface area contributed by atoms with E-state index in [1.54, 1.807) is 0 Å². The van der Waals surface area contributed by atoms with Crippen molar-refractivity contribution in [2.24, 2.45) is 30.7 Å². The first-order chi connectivity index (χ1) is 33.6.